The van der Waals surface area contributed by atoms with Crippen LogP contribution in [0.4, 0.5) is 0 Å². The first kappa shape index (κ1) is 13.6. The van der Waals surface area contributed by atoms with Crippen molar-refractivity contribution in [2.24, 2.45) is 5.92 Å². The van der Waals surface area contributed by atoms with Crippen LogP contribution in [0.5, 0.6) is 0 Å². The van der Waals surface area contributed by atoms with Gasteiger partial charge in [0, 0.05) is 11.3 Å². The van der Waals surface area contributed by atoms with Gasteiger partial charge in [-0.2, -0.15) is 0 Å². The Balaban J connectivity index is 1.65. The van der Waals surface area contributed by atoms with Crippen molar-refractivity contribution in [2.75, 3.05) is 0 Å². The fourth-order valence-electron chi connectivity index (χ4n) is 3.49. The summed E-state index contributed by atoms with van der Waals surface area (Å²) in [6.07, 6.45) is 0.343. The van der Waals surface area contributed by atoms with Crippen LogP contribution in [0, 0.1) is 5.92 Å². The van der Waals surface area contributed by atoms with Crippen LogP contribution in [0.2, 0.25) is 0 Å². The van der Waals surface area contributed by atoms with E-state index in [0.717, 1.165) is 11.3 Å². The Labute approximate surface area is 128 Å². The molecule has 5 heteroatoms. The number of thioether (sulfide) groups is 1. The lowest BCUT2D eigenvalue weighted by Crippen LogP contribution is -2.47. The maximum atomic E-state index is 12.1. The molecule has 0 N–H and O–H groups in total. The van der Waals surface area contributed by atoms with Gasteiger partial charge in [-0.25, -0.2) is 0 Å². The normalized spacial score (nSPS) is 39.9. The number of rotatable bonds is 2. The molecular formula is C16H18O4S. The molecule has 4 rings (SSSR count). The van der Waals surface area contributed by atoms with Gasteiger partial charge in [0.15, 0.2) is 5.79 Å². The summed E-state index contributed by atoms with van der Waals surface area (Å²) in [5.74, 6) is -0.811. The van der Waals surface area contributed by atoms with E-state index in [0.29, 0.717) is 0 Å². The molecule has 0 unspecified atom stereocenters. The number of ether oxygens (including phenoxy) is 3. The van der Waals surface area contributed by atoms with Gasteiger partial charge in [0.1, 0.15) is 18.3 Å². The van der Waals surface area contributed by atoms with E-state index >= 15 is 0 Å². The number of carbonyl (C=O) groups is 1. The van der Waals surface area contributed by atoms with Gasteiger partial charge in [0.2, 0.25) is 0 Å². The van der Waals surface area contributed by atoms with Crippen LogP contribution >= 0.6 is 11.8 Å². The monoisotopic (exact) mass is 306 g/mol. The molecule has 3 fully saturated rings. The van der Waals surface area contributed by atoms with Gasteiger partial charge >= 0.3 is 5.97 Å². The van der Waals surface area contributed by atoms with Gasteiger partial charge in [-0.1, -0.05) is 18.2 Å². The van der Waals surface area contributed by atoms with Crippen LogP contribution < -0.4 is 0 Å². The Kier molecular flexibility index (Phi) is 3.07. The average molecular weight is 306 g/mol. The molecule has 0 spiro atoms. The summed E-state index contributed by atoms with van der Waals surface area (Å²) in [6.45, 7) is 3.84. The summed E-state index contributed by atoms with van der Waals surface area (Å²) < 4.78 is 17.6. The number of carbonyl (C=O) groups excluding carboxylic acids is 1. The van der Waals surface area contributed by atoms with Crippen LogP contribution in [0.15, 0.2) is 35.2 Å². The maximum absolute atomic E-state index is 12.1. The highest BCUT2D eigenvalue weighted by Crippen LogP contribution is 2.49. The largest absolute Gasteiger partial charge is 0.459 e. The van der Waals surface area contributed by atoms with E-state index < -0.39 is 5.79 Å². The molecule has 4 nitrogen and oxygen atoms in total. The molecule has 112 valence electrons. The molecule has 0 radical (unpaired) electrons. The third kappa shape index (κ3) is 2.28. The van der Waals surface area contributed by atoms with Crippen molar-refractivity contribution in [1.82, 2.24) is 0 Å². The smallest absolute Gasteiger partial charge is 0.310 e. The molecule has 1 aromatic carbocycles. The number of esters is 1. The zero-order chi connectivity index (χ0) is 14.6. The first-order valence-corrected chi connectivity index (χ1v) is 8.19. The first-order valence-electron chi connectivity index (χ1n) is 7.31. The molecule has 2 saturated heterocycles. The Morgan fingerprint density at radius 2 is 1.86 bits per heavy atom. The quantitative estimate of drug-likeness (QED) is 0.786. The van der Waals surface area contributed by atoms with Gasteiger partial charge in [-0.15, -0.1) is 11.8 Å². The van der Waals surface area contributed by atoms with Crippen LogP contribution in [0.1, 0.15) is 20.3 Å². The topological polar surface area (TPSA) is 44.8 Å². The maximum Gasteiger partial charge on any atom is 0.310 e. The summed E-state index contributed by atoms with van der Waals surface area (Å²) in [4.78, 5) is 13.2. The van der Waals surface area contributed by atoms with E-state index in [1.807, 2.05) is 32.0 Å². The predicted molar refractivity (Wildman–Crippen MR) is 77.9 cm³/mol. The van der Waals surface area contributed by atoms with Gasteiger partial charge < -0.3 is 14.2 Å². The van der Waals surface area contributed by atoms with Crippen LogP contribution in [0.3, 0.4) is 0 Å². The van der Waals surface area contributed by atoms with Crippen molar-refractivity contribution < 1.29 is 19.0 Å². The lowest BCUT2D eigenvalue weighted by Gasteiger charge is -2.33. The van der Waals surface area contributed by atoms with Crippen molar-refractivity contribution in [3.05, 3.63) is 30.3 Å². The Morgan fingerprint density at radius 3 is 2.62 bits per heavy atom. The lowest BCUT2D eigenvalue weighted by molar-refractivity contribution is -0.165. The van der Waals surface area contributed by atoms with Crippen molar-refractivity contribution in [3.8, 4) is 0 Å². The summed E-state index contributed by atoms with van der Waals surface area (Å²) in [7, 11) is 0. The number of benzene rings is 1. The Bertz CT molecular complexity index is 559. The standard InChI is InChI=1S/C16H18O4S/c1-16(2)19-12-11-8-10(15(17)18-11)14(13(12)20-16)21-9-6-4-3-5-7-9/h3-7,10-14H,8H2,1-2H3/t10-,11+,12+,13+,14+/m1/s1. The van der Waals surface area contributed by atoms with E-state index in [1.165, 1.54) is 0 Å². The van der Waals surface area contributed by atoms with Crippen molar-refractivity contribution >= 4 is 17.7 Å². The zero-order valence-electron chi connectivity index (χ0n) is 12.0. The summed E-state index contributed by atoms with van der Waals surface area (Å²) in [5, 5.41) is 0.0467. The predicted octanol–water partition coefficient (Wildman–Crippen LogP) is 2.61. The van der Waals surface area contributed by atoms with Crippen LogP contribution in [-0.4, -0.2) is 35.3 Å². The van der Waals surface area contributed by atoms with Gasteiger partial charge in [0.25, 0.3) is 0 Å². The third-order valence-corrected chi connectivity index (χ3v) is 5.74. The molecule has 21 heavy (non-hydrogen) atoms. The second-order valence-electron chi connectivity index (χ2n) is 6.28. The summed E-state index contributed by atoms with van der Waals surface area (Å²) >= 11 is 1.70. The molecule has 1 saturated carbocycles. The first-order chi connectivity index (χ1) is 10.0. The number of hydrogen-bond donors (Lipinski definition) is 0. The van der Waals surface area contributed by atoms with Gasteiger partial charge in [-0.05, 0) is 26.0 Å². The summed E-state index contributed by atoms with van der Waals surface area (Å²) in [5.41, 5.74) is 0. The number of hydrogen-bond acceptors (Lipinski definition) is 5. The molecule has 3 aliphatic rings. The van der Waals surface area contributed by atoms with Gasteiger partial charge in [0.05, 0.1) is 11.2 Å². The lowest BCUT2D eigenvalue weighted by atomic mass is 9.85. The molecule has 0 amide bonds. The fraction of sp³-hybridized carbons (Fsp3) is 0.562. The highest BCUT2D eigenvalue weighted by atomic mass is 32.2. The number of fused-ring (bicyclic) bond motifs is 4. The van der Waals surface area contributed by atoms with Crippen LogP contribution in [-0.2, 0) is 19.0 Å². The van der Waals surface area contributed by atoms with Crippen molar-refractivity contribution in [1.29, 1.82) is 0 Å². The molecular weight excluding hydrogens is 288 g/mol. The molecule has 5 atom stereocenters. The highest BCUT2D eigenvalue weighted by Gasteiger charge is 2.60. The highest BCUT2D eigenvalue weighted by molar-refractivity contribution is 8.00. The van der Waals surface area contributed by atoms with Gasteiger partial charge in [-0.3, -0.25) is 4.79 Å². The van der Waals surface area contributed by atoms with E-state index in [1.54, 1.807) is 11.8 Å². The van der Waals surface area contributed by atoms with Crippen molar-refractivity contribution in [3.63, 3.8) is 0 Å². The van der Waals surface area contributed by atoms with Crippen molar-refractivity contribution in [2.45, 2.75) is 54.5 Å². The van der Waals surface area contributed by atoms with E-state index in [9.17, 15) is 4.79 Å². The SMILES string of the molecule is CC1(C)O[C@@H]2[C@H](O1)[C@@H](Sc1ccccc1)[C@H]1C[C@@H]2OC1=O. The third-order valence-electron chi connectivity index (χ3n) is 4.32. The van der Waals surface area contributed by atoms with E-state index in [2.05, 4.69) is 12.1 Å². The molecule has 2 aliphatic heterocycles. The molecule has 0 aromatic heterocycles. The molecule has 2 heterocycles. The summed E-state index contributed by atoms with van der Waals surface area (Å²) in [6, 6.07) is 10.1. The minimum absolute atomic E-state index is 0.0467. The second kappa shape index (κ2) is 4.73. The second-order valence-corrected chi connectivity index (χ2v) is 7.53. The average Bonchev–Trinajstić information content (AvgIpc) is 2.95. The zero-order valence-corrected chi connectivity index (χ0v) is 12.8. The molecule has 1 aromatic rings. The van der Waals surface area contributed by atoms with E-state index in [4.69, 9.17) is 14.2 Å². The molecule has 2 bridgehead atoms. The van der Waals surface area contributed by atoms with E-state index in [-0.39, 0.29) is 35.4 Å². The Morgan fingerprint density at radius 1 is 1.14 bits per heavy atom. The Hall–Kier alpha value is -1.04. The molecule has 1 aliphatic carbocycles. The minimum Gasteiger partial charge on any atom is -0.459 e. The fourth-order valence-corrected chi connectivity index (χ4v) is 4.85. The minimum atomic E-state index is -0.609. The van der Waals surface area contributed by atoms with Crippen LogP contribution in [0.25, 0.3) is 0 Å².